The van der Waals surface area contributed by atoms with Crippen molar-refractivity contribution < 1.29 is 4.74 Å². The molecule has 1 saturated heterocycles. The summed E-state index contributed by atoms with van der Waals surface area (Å²) in [6, 6.07) is 18.6. The van der Waals surface area contributed by atoms with E-state index in [-0.39, 0.29) is 0 Å². The molecule has 1 aliphatic carbocycles. The summed E-state index contributed by atoms with van der Waals surface area (Å²) in [7, 11) is 2.29. The van der Waals surface area contributed by atoms with Crippen molar-refractivity contribution in [3.05, 3.63) is 65.2 Å². The maximum Gasteiger partial charge on any atom is 0.119 e. The fourth-order valence-corrected chi connectivity index (χ4v) is 4.84. The van der Waals surface area contributed by atoms with E-state index < -0.39 is 0 Å². The summed E-state index contributed by atoms with van der Waals surface area (Å²) in [5.41, 5.74) is 4.52. The molecular weight excluding hydrogens is 306 g/mol. The number of hydrogen-bond donors (Lipinski definition) is 0. The molecule has 0 radical (unpaired) electrons. The lowest BCUT2D eigenvalue weighted by Crippen LogP contribution is -2.34. The van der Waals surface area contributed by atoms with Crippen LogP contribution in [0.25, 0.3) is 0 Å². The lowest BCUT2D eigenvalue weighted by atomic mass is 9.80. The highest BCUT2D eigenvalue weighted by atomic mass is 16.5. The van der Waals surface area contributed by atoms with Crippen LogP contribution < -0.4 is 4.74 Å². The molecule has 4 rings (SSSR count). The second-order valence-corrected chi connectivity index (χ2v) is 7.61. The van der Waals surface area contributed by atoms with Gasteiger partial charge >= 0.3 is 0 Å². The topological polar surface area (TPSA) is 12.5 Å². The Balaban J connectivity index is 1.63. The summed E-state index contributed by atoms with van der Waals surface area (Å²) < 4.78 is 5.85. The monoisotopic (exact) mass is 335 g/mol. The van der Waals surface area contributed by atoms with Crippen molar-refractivity contribution in [1.82, 2.24) is 4.90 Å². The van der Waals surface area contributed by atoms with Gasteiger partial charge in [0.05, 0.1) is 6.61 Å². The molecule has 2 heteroatoms. The van der Waals surface area contributed by atoms with Gasteiger partial charge in [-0.15, -0.1) is 0 Å². The first-order chi connectivity index (χ1) is 12.3. The fraction of sp³-hybridized carbons (Fsp3) is 0.478. The summed E-state index contributed by atoms with van der Waals surface area (Å²) >= 11 is 0. The lowest BCUT2D eigenvalue weighted by molar-refractivity contribution is 0.127. The Morgan fingerprint density at radius 3 is 2.56 bits per heavy atom. The summed E-state index contributed by atoms with van der Waals surface area (Å²) in [5, 5.41) is 0. The van der Waals surface area contributed by atoms with Crippen LogP contribution in [0.4, 0.5) is 0 Å². The summed E-state index contributed by atoms with van der Waals surface area (Å²) in [4.78, 5) is 2.56. The van der Waals surface area contributed by atoms with Crippen LogP contribution in [0.15, 0.2) is 48.5 Å². The molecule has 0 amide bonds. The van der Waals surface area contributed by atoms with Crippen LogP contribution >= 0.6 is 0 Å². The van der Waals surface area contributed by atoms with Gasteiger partial charge in [-0.3, -0.25) is 4.90 Å². The van der Waals surface area contributed by atoms with Crippen molar-refractivity contribution in [1.29, 1.82) is 0 Å². The first-order valence-corrected chi connectivity index (χ1v) is 9.81. The number of likely N-dealkylation sites (tertiary alicyclic amines) is 1. The highest BCUT2D eigenvalue weighted by Gasteiger charge is 2.44. The van der Waals surface area contributed by atoms with Crippen molar-refractivity contribution in [2.24, 2.45) is 5.92 Å². The van der Waals surface area contributed by atoms with Crippen molar-refractivity contribution in [2.45, 2.75) is 44.6 Å². The number of hydrogen-bond acceptors (Lipinski definition) is 2. The zero-order valence-corrected chi connectivity index (χ0v) is 15.4. The van der Waals surface area contributed by atoms with E-state index in [0.29, 0.717) is 17.9 Å². The molecule has 0 bridgehead atoms. The predicted octanol–water partition coefficient (Wildman–Crippen LogP) is 5.39. The smallest absolute Gasteiger partial charge is 0.119 e. The van der Waals surface area contributed by atoms with Gasteiger partial charge in [0.1, 0.15) is 5.75 Å². The fourth-order valence-electron chi connectivity index (χ4n) is 4.84. The number of rotatable bonds is 5. The first kappa shape index (κ1) is 16.7. The third-order valence-electron chi connectivity index (χ3n) is 6.01. The first-order valence-electron chi connectivity index (χ1n) is 9.81. The molecule has 25 heavy (non-hydrogen) atoms. The van der Waals surface area contributed by atoms with Gasteiger partial charge in [0, 0.05) is 12.0 Å². The van der Waals surface area contributed by atoms with Crippen molar-refractivity contribution in [3.8, 4) is 5.75 Å². The third kappa shape index (κ3) is 3.08. The zero-order chi connectivity index (χ0) is 17.2. The molecule has 0 unspecified atom stereocenters. The van der Waals surface area contributed by atoms with Crippen LogP contribution in [-0.4, -0.2) is 25.1 Å². The minimum Gasteiger partial charge on any atom is -0.494 e. The Morgan fingerprint density at radius 1 is 1.04 bits per heavy atom. The largest absolute Gasteiger partial charge is 0.494 e. The molecule has 1 fully saturated rings. The van der Waals surface area contributed by atoms with Gasteiger partial charge < -0.3 is 4.74 Å². The summed E-state index contributed by atoms with van der Waals surface area (Å²) in [5.74, 6) is 2.22. The summed E-state index contributed by atoms with van der Waals surface area (Å²) in [6.45, 7) is 4.23. The lowest BCUT2D eigenvalue weighted by Gasteiger charge is -2.37. The minimum atomic E-state index is 0.522. The van der Waals surface area contributed by atoms with Crippen LogP contribution in [-0.2, 0) is 0 Å². The second-order valence-electron chi connectivity index (χ2n) is 7.61. The molecule has 2 nitrogen and oxygen atoms in total. The third-order valence-corrected chi connectivity index (χ3v) is 6.01. The zero-order valence-electron chi connectivity index (χ0n) is 15.4. The maximum atomic E-state index is 5.85. The molecule has 0 spiro atoms. The van der Waals surface area contributed by atoms with Crippen LogP contribution in [0.1, 0.15) is 61.3 Å². The van der Waals surface area contributed by atoms with E-state index in [1.807, 2.05) is 0 Å². The molecule has 132 valence electrons. The molecule has 1 heterocycles. The van der Waals surface area contributed by atoms with Crippen molar-refractivity contribution >= 4 is 0 Å². The van der Waals surface area contributed by atoms with Gasteiger partial charge in [0.25, 0.3) is 0 Å². The number of unbranched alkanes of at least 4 members (excludes halogenated alkanes) is 1. The molecule has 0 N–H and O–H groups in total. The van der Waals surface area contributed by atoms with E-state index in [1.54, 1.807) is 5.56 Å². The van der Waals surface area contributed by atoms with Gasteiger partial charge in [0.15, 0.2) is 0 Å². The minimum absolute atomic E-state index is 0.522. The van der Waals surface area contributed by atoms with E-state index in [1.165, 1.54) is 36.9 Å². The van der Waals surface area contributed by atoms with Gasteiger partial charge in [-0.25, -0.2) is 0 Å². The van der Waals surface area contributed by atoms with E-state index in [0.717, 1.165) is 18.8 Å². The van der Waals surface area contributed by atoms with Crippen LogP contribution in [0.5, 0.6) is 5.75 Å². The SMILES string of the molecule is CCCCOc1ccc([C@@H]2c3ccccc3[C@@H]3[C@H]2CCCN3C)cc1. The number of ether oxygens (including phenoxy) is 1. The molecule has 0 aromatic heterocycles. The van der Waals surface area contributed by atoms with Crippen LogP contribution in [0.2, 0.25) is 0 Å². The Labute approximate surface area is 151 Å². The predicted molar refractivity (Wildman–Crippen MR) is 103 cm³/mol. The quantitative estimate of drug-likeness (QED) is 0.679. The van der Waals surface area contributed by atoms with Crippen LogP contribution in [0.3, 0.4) is 0 Å². The van der Waals surface area contributed by atoms with Gasteiger partial charge in [-0.1, -0.05) is 49.7 Å². The number of nitrogens with zero attached hydrogens (tertiary/aromatic N) is 1. The number of fused-ring (bicyclic) bond motifs is 3. The van der Waals surface area contributed by atoms with Crippen molar-refractivity contribution in [2.75, 3.05) is 20.2 Å². The second kappa shape index (κ2) is 7.21. The molecule has 2 aromatic carbocycles. The van der Waals surface area contributed by atoms with E-state index >= 15 is 0 Å². The molecule has 3 atom stereocenters. The summed E-state index contributed by atoms with van der Waals surface area (Å²) in [6.07, 6.45) is 4.92. The molecular formula is C23H29NO. The Hall–Kier alpha value is -1.80. The molecule has 1 aliphatic heterocycles. The Bertz CT molecular complexity index is 708. The molecule has 2 aliphatic rings. The number of benzene rings is 2. The van der Waals surface area contributed by atoms with Crippen molar-refractivity contribution in [3.63, 3.8) is 0 Å². The van der Waals surface area contributed by atoms with Crippen LogP contribution in [0, 0.1) is 5.92 Å². The number of piperidine rings is 1. The van der Waals surface area contributed by atoms with Gasteiger partial charge in [-0.2, -0.15) is 0 Å². The Kier molecular flexibility index (Phi) is 4.80. The van der Waals surface area contributed by atoms with Gasteiger partial charge in [-0.05, 0) is 67.6 Å². The van der Waals surface area contributed by atoms with E-state index in [4.69, 9.17) is 4.74 Å². The standard InChI is InChI=1S/C23H29NO/c1-3-4-16-25-18-13-11-17(12-14-18)22-19-8-5-6-9-20(19)23-21(22)10-7-15-24(23)2/h5-6,8-9,11-14,21-23H,3-4,7,10,15-16H2,1-2H3/t21-,22+,23+/m0/s1. The highest BCUT2D eigenvalue weighted by Crippen LogP contribution is 2.54. The average molecular weight is 335 g/mol. The normalized spacial score (nSPS) is 25.4. The molecule has 2 aromatic rings. The average Bonchev–Trinajstić information content (AvgIpc) is 2.98. The Morgan fingerprint density at radius 2 is 1.80 bits per heavy atom. The maximum absolute atomic E-state index is 5.85. The van der Waals surface area contributed by atoms with Gasteiger partial charge in [0.2, 0.25) is 0 Å². The van der Waals surface area contributed by atoms with E-state index in [9.17, 15) is 0 Å². The highest BCUT2D eigenvalue weighted by molar-refractivity contribution is 5.47. The van der Waals surface area contributed by atoms with E-state index in [2.05, 4.69) is 67.4 Å². The molecule has 0 saturated carbocycles.